The van der Waals surface area contributed by atoms with Crippen LogP contribution in [0.4, 0.5) is 0 Å². The van der Waals surface area contributed by atoms with Gasteiger partial charge >= 0.3 is 0 Å². The predicted octanol–water partition coefficient (Wildman–Crippen LogP) is -0.100. The van der Waals surface area contributed by atoms with Crippen LogP contribution < -0.4 is 5.73 Å². The average Bonchev–Trinajstić information content (AvgIpc) is 2.29. The Kier molecular flexibility index (Phi) is 3.61. The highest BCUT2D eigenvalue weighted by molar-refractivity contribution is 5.95. The monoisotopic (exact) mass is 208 g/mol. The molecule has 1 aromatic heterocycles. The second-order valence-electron chi connectivity index (χ2n) is 2.97. The maximum absolute atomic E-state index is 11.7. The SMILES string of the molecule is CN(CC(N)=NO)C(=O)c1ccccn1. The smallest absolute Gasteiger partial charge is 0.272 e. The summed E-state index contributed by atoms with van der Waals surface area (Å²) in [5, 5.41) is 11.1. The second-order valence-corrected chi connectivity index (χ2v) is 2.97. The lowest BCUT2D eigenvalue weighted by Crippen LogP contribution is -2.35. The molecule has 1 aromatic rings. The fraction of sp³-hybridized carbons (Fsp3) is 0.222. The fourth-order valence-corrected chi connectivity index (χ4v) is 1.03. The number of amidine groups is 1. The minimum Gasteiger partial charge on any atom is -0.409 e. The lowest BCUT2D eigenvalue weighted by molar-refractivity contribution is 0.0808. The molecule has 0 spiro atoms. The Labute approximate surface area is 87.0 Å². The highest BCUT2D eigenvalue weighted by Gasteiger charge is 2.13. The molecule has 1 heterocycles. The lowest BCUT2D eigenvalue weighted by atomic mass is 10.3. The van der Waals surface area contributed by atoms with Crippen LogP contribution in [-0.2, 0) is 0 Å². The van der Waals surface area contributed by atoms with Crippen molar-refractivity contribution in [2.45, 2.75) is 0 Å². The van der Waals surface area contributed by atoms with Crippen LogP contribution in [0.3, 0.4) is 0 Å². The molecule has 0 atom stereocenters. The summed E-state index contributed by atoms with van der Waals surface area (Å²) in [5.41, 5.74) is 5.60. The number of likely N-dealkylation sites (N-methyl/N-ethyl adjacent to an activating group) is 1. The molecule has 1 amide bonds. The molecule has 0 bridgehead atoms. The fourth-order valence-electron chi connectivity index (χ4n) is 1.03. The number of carbonyl (C=O) groups is 1. The van der Waals surface area contributed by atoms with Crippen molar-refractivity contribution in [3.05, 3.63) is 30.1 Å². The molecule has 0 unspecified atom stereocenters. The first-order valence-electron chi connectivity index (χ1n) is 4.28. The van der Waals surface area contributed by atoms with Crippen LogP contribution in [0.15, 0.2) is 29.6 Å². The van der Waals surface area contributed by atoms with Crippen LogP contribution in [0, 0.1) is 0 Å². The van der Waals surface area contributed by atoms with Crippen LogP contribution >= 0.6 is 0 Å². The zero-order valence-electron chi connectivity index (χ0n) is 8.29. The Morgan fingerprint density at radius 2 is 2.40 bits per heavy atom. The quantitative estimate of drug-likeness (QED) is 0.314. The summed E-state index contributed by atoms with van der Waals surface area (Å²) >= 11 is 0. The van der Waals surface area contributed by atoms with Gasteiger partial charge in [0.05, 0.1) is 6.54 Å². The number of amides is 1. The van der Waals surface area contributed by atoms with Gasteiger partial charge in [-0.2, -0.15) is 0 Å². The molecule has 1 rings (SSSR count). The number of pyridine rings is 1. The Morgan fingerprint density at radius 1 is 1.67 bits per heavy atom. The normalized spacial score (nSPS) is 11.1. The van der Waals surface area contributed by atoms with E-state index in [-0.39, 0.29) is 18.3 Å². The standard InChI is InChI=1S/C9H12N4O2/c1-13(6-8(10)12-15)9(14)7-4-2-3-5-11-7/h2-5,15H,6H2,1H3,(H2,10,12). The van der Waals surface area contributed by atoms with Gasteiger partial charge in [-0.25, -0.2) is 0 Å². The first-order chi connectivity index (χ1) is 7.15. The molecular weight excluding hydrogens is 196 g/mol. The largest absolute Gasteiger partial charge is 0.409 e. The van der Waals surface area contributed by atoms with Gasteiger partial charge in [-0.1, -0.05) is 11.2 Å². The summed E-state index contributed by atoms with van der Waals surface area (Å²) in [6.45, 7) is 0.0614. The summed E-state index contributed by atoms with van der Waals surface area (Å²) in [6.07, 6.45) is 1.53. The molecule has 0 aliphatic carbocycles. The number of oxime groups is 1. The summed E-state index contributed by atoms with van der Waals surface area (Å²) in [6, 6.07) is 5.04. The summed E-state index contributed by atoms with van der Waals surface area (Å²) in [7, 11) is 1.55. The third kappa shape index (κ3) is 2.94. The van der Waals surface area contributed by atoms with Crippen molar-refractivity contribution in [1.29, 1.82) is 0 Å². The van der Waals surface area contributed by atoms with Gasteiger partial charge in [0.2, 0.25) is 0 Å². The van der Waals surface area contributed by atoms with E-state index in [0.29, 0.717) is 5.69 Å². The van der Waals surface area contributed by atoms with Gasteiger partial charge in [-0.05, 0) is 12.1 Å². The molecule has 0 aromatic carbocycles. The molecule has 0 aliphatic rings. The van der Waals surface area contributed by atoms with E-state index in [0.717, 1.165) is 0 Å². The van der Waals surface area contributed by atoms with E-state index < -0.39 is 0 Å². The molecular formula is C9H12N4O2. The average molecular weight is 208 g/mol. The van der Waals surface area contributed by atoms with Crippen molar-refractivity contribution in [2.24, 2.45) is 10.9 Å². The van der Waals surface area contributed by atoms with Gasteiger partial charge in [0.25, 0.3) is 5.91 Å². The number of rotatable bonds is 3. The minimum absolute atomic E-state index is 0.0261. The van der Waals surface area contributed by atoms with Gasteiger partial charge < -0.3 is 15.8 Å². The first kappa shape index (κ1) is 11.0. The molecule has 15 heavy (non-hydrogen) atoms. The molecule has 0 fully saturated rings. The van der Waals surface area contributed by atoms with Crippen LogP contribution in [0.1, 0.15) is 10.5 Å². The van der Waals surface area contributed by atoms with E-state index in [1.807, 2.05) is 0 Å². The minimum atomic E-state index is -0.276. The van der Waals surface area contributed by atoms with Crippen molar-refractivity contribution >= 4 is 11.7 Å². The van der Waals surface area contributed by atoms with Crippen molar-refractivity contribution in [3.63, 3.8) is 0 Å². The van der Waals surface area contributed by atoms with E-state index in [2.05, 4.69) is 10.1 Å². The van der Waals surface area contributed by atoms with Crippen molar-refractivity contribution in [1.82, 2.24) is 9.88 Å². The topological polar surface area (TPSA) is 91.8 Å². The zero-order chi connectivity index (χ0) is 11.3. The number of hydrogen-bond acceptors (Lipinski definition) is 4. The van der Waals surface area contributed by atoms with Gasteiger partial charge in [0, 0.05) is 13.2 Å². The van der Waals surface area contributed by atoms with Gasteiger partial charge in [0.1, 0.15) is 5.69 Å². The first-order valence-corrected chi connectivity index (χ1v) is 4.28. The maximum Gasteiger partial charge on any atom is 0.272 e. The number of carbonyl (C=O) groups excluding carboxylic acids is 1. The Hall–Kier alpha value is -2.11. The third-order valence-electron chi connectivity index (χ3n) is 1.76. The van der Waals surface area contributed by atoms with E-state index in [9.17, 15) is 4.79 Å². The van der Waals surface area contributed by atoms with E-state index in [1.54, 1.807) is 25.2 Å². The van der Waals surface area contributed by atoms with Crippen LogP contribution in [0.2, 0.25) is 0 Å². The zero-order valence-corrected chi connectivity index (χ0v) is 8.29. The van der Waals surface area contributed by atoms with Gasteiger partial charge in [-0.15, -0.1) is 0 Å². The number of nitrogens with zero attached hydrogens (tertiary/aromatic N) is 3. The molecule has 0 saturated carbocycles. The van der Waals surface area contributed by atoms with Crippen molar-refractivity contribution < 1.29 is 10.0 Å². The van der Waals surface area contributed by atoms with Crippen LogP contribution in [-0.4, -0.2) is 40.4 Å². The molecule has 80 valence electrons. The Bertz CT molecular complexity index is 364. The summed E-state index contributed by atoms with van der Waals surface area (Å²) in [4.78, 5) is 16.9. The van der Waals surface area contributed by atoms with Gasteiger partial charge in [-0.3, -0.25) is 9.78 Å². The molecule has 6 nitrogen and oxygen atoms in total. The highest BCUT2D eigenvalue weighted by Crippen LogP contribution is 1.98. The third-order valence-corrected chi connectivity index (χ3v) is 1.76. The molecule has 0 radical (unpaired) electrons. The van der Waals surface area contributed by atoms with Crippen molar-refractivity contribution in [2.75, 3.05) is 13.6 Å². The lowest BCUT2D eigenvalue weighted by Gasteiger charge is -2.15. The van der Waals surface area contributed by atoms with Crippen molar-refractivity contribution in [3.8, 4) is 0 Å². The number of nitrogens with two attached hydrogens (primary N) is 1. The van der Waals surface area contributed by atoms with Crippen LogP contribution in [0.25, 0.3) is 0 Å². The van der Waals surface area contributed by atoms with E-state index in [1.165, 1.54) is 11.1 Å². The van der Waals surface area contributed by atoms with E-state index in [4.69, 9.17) is 10.9 Å². The molecule has 6 heteroatoms. The summed E-state index contributed by atoms with van der Waals surface area (Å²) < 4.78 is 0. The molecule has 3 N–H and O–H groups in total. The Balaban J connectivity index is 2.70. The highest BCUT2D eigenvalue weighted by atomic mass is 16.4. The number of aromatic nitrogens is 1. The summed E-state index contributed by atoms with van der Waals surface area (Å²) in [5.74, 6) is -0.302. The molecule has 0 saturated heterocycles. The Morgan fingerprint density at radius 3 is 2.93 bits per heavy atom. The van der Waals surface area contributed by atoms with Crippen LogP contribution in [0.5, 0.6) is 0 Å². The van der Waals surface area contributed by atoms with E-state index >= 15 is 0 Å². The van der Waals surface area contributed by atoms with Gasteiger partial charge in [0.15, 0.2) is 5.84 Å². The number of hydrogen-bond donors (Lipinski definition) is 2. The predicted molar refractivity (Wildman–Crippen MR) is 54.6 cm³/mol. The maximum atomic E-state index is 11.7. The molecule has 0 aliphatic heterocycles. The second kappa shape index (κ2) is 4.94.